The van der Waals surface area contributed by atoms with Crippen LogP contribution in [0.25, 0.3) is 0 Å². The van der Waals surface area contributed by atoms with Crippen molar-refractivity contribution in [3.8, 4) is 0 Å². The zero-order chi connectivity index (χ0) is 15.5. The maximum atomic E-state index is 12.2. The van der Waals surface area contributed by atoms with Crippen LogP contribution in [0.15, 0.2) is 23.1 Å². The van der Waals surface area contributed by atoms with Gasteiger partial charge in [-0.25, -0.2) is 8.42 Å². The number of nitrogens with one attached hydrogen (secondary N) is 1. The van der Waals surface area contributed by atoms with E-state index in [4.69, 9.17) is 16.7 Å². The van der Waals surface area contributed by atoms with Crippen LogP contribution in [0.4, 0.5) is 0 Å². The first-order valence-electron chi connectivity index (χ1n) is 6.14. The van der Waals surface area contributed by atoms with Crippen molar-refractivity contribution < 1.29 is 18.3 Å². The fraction of sp³-hybridized carbons (Fsp3) is 0.462. The van der Waals surface area contributed by atoms with E-state index in [1.165, 1.54) is 12.1 Å². The zero-order valence-electron chi connectivity index (χ0n) is 11.6. The van der Waals surface area contributed by atoms with Gasteiger partial charge in [0.25, 0.3) is 0 Å². The molecule has 0 unspecified atom stereocenters. The highest BCUT2D eigenvalue weighted by Gasteiger charge is 2.27. The van der Waals surface area contributed by atoms with Gasteiger partial charge >= 0.3 is 5.97 Å². The average Bonchev–Trinajstić information content (AvgIpc) is 2.26. The van der Waals surface area contributed by atoms with Gasteiger partial charge in [0.15, 0.2) is 0 Å². The predicted octanol–water partition coefficient (Wildman–Crippen LogP) is 2.43. The molecule has 112 valence electrons. The monoisotopic (exact) mass is 319 g/mol. The van der Waals surface area contributed by atoms with Gasteiger partial charge in [-0.1, -0.05) is 31.5 Å². The normalized spacial score (nSPS) is 13.4. The highest BCUT2D eigenvalue weighted by molar-refractivity contribution is 7.89. The van der Waals surface area contributed by atoms with Crippen molar-refractivity contribution in [2.75, 3.05) is 0 Å². The number of hydrogen-bond donors (Lipinski definition) is 2. The van der Waals surface area contributed by atoms with Crippen LogP contribution in [0.2, 0.25) is 5.02 Å². The van der Waals surface area contributed by atoms with E-state index in [9.17, 15) is 13.2 Å². The number of carboxylic acids is 1. The third kappa shape index (κ3) is 4.47. The first kappa shape index (κ1) is 16.9. The lowest BCUT2D eigenvalue weighted by Gasteiger charge is -2.17. The maximum Gasteiger partial charge on any atom is 0.321 e. The fourth-order valence-corrected chi connectivity index (χ4v) is 3.55. The lowest BCUT2D eigenvalue weighted by atomic mass is 10.1. The quantitative estimate of drug-likeness (QED) is 0.843. The van der Waals surface area contributed by atoms with Crippen molar-refractivity contribution in [3.05, 3.63) is 28.8 Å². The van der Waals surface area contributed by atoms with Crippen LogP contribution in [0.3, 0.4) is 0 Å². The minimum absolute atomic E-state index is 0.0484. The molecule has 0 saturated heterocycles. The first-order valence-corrected chi connectivity index (χ1v) is 8.01. The number of aryl methyl sites for hydroxylation is 1. The third-order valence-corrected chi connectivity index (χ3v) is 4.63. The molecule has 1 rings (SSSR count). The maximum absolute atomic E-state index is 12.2. The minimum Gasteiger partial charge on any atom is -0.480 e. The molecule has 7 heteroatoms. The van der Waals surface area contributed by atoms with Crippen molar-refractivity contribution in [1.29, 1.82) is 0 Å². The first-order chi connectivity index (χ1) is 9.13. The second-order valence-electron chi connectivity index (χ2n) is 5.08. The molecule has 0 aromatic heterocycles. The molecule has 2 N–H and O–H groups in total. The van der Waals surface area contributed by atoms with Crippen LogP contribution in [0.1, 0.15) is 25.8 Å². The lowest BCUT2D eigenvalue weighted by molar-refractivity contribution is -0.139. The van der Waals surface area contributed by atoms with Crippen molar-refractivity contribution >= 4 is 27.6 Å². The van der Waals surface area contributed by atoms with Gasteiger partial charge in [-0.2, -0.15) is 4.72 Å². The molecule has 0 radical (unpaired) electrons. The van der Waals surface area contributed by atoms with Crippen LogP contribution >= 0.6 is 11.6 Å². The lowest BCUT2D eigenvalue weighted by Crippen LogP contribution is -2.41. The minimum atomic E-state index is -3.96. The second-order valence-corrected chi connectivity index (χ2v) is 7.17. The molecular formula is C13H18ClNO4S. The summed E-state index contributed by atoms with van der Waals surface area (Å²) in [5.74, 6) is -1.15. The molecular weight excluding hydrogens is 302 g/mol. The molecule has 0 fully saturated rings. The molecule has 0 aliphatic carbocycles. The van der Waals surface area contributed by atoms with Gasteiger partial charge in [0.1, 0.15) is 10.9 Å². The van der Waals surface area contributed by atoms with Gasteiger partial charge < -0.3 is 5.11 Å². The SMILES string of the molecule is Cc1ccc(S(=O)(=O)N[C@@H](CC(C)C)C(=O)O)c(Cl)c1. The van der Waals surface area contributed by atoms with E-state index in [0.717, 1.165) is 5.56 Å². The number of hydrogen-bond acceptors (Lipinski definition) is 3. The summed E-state index contributed by atoms with van der Waals surface area (Å²) in [4.78, 5) is 11.0. The summed E-state index contributed by atoms with van der Waals surface area (Å²) >= 11 is 5.92. The average molecular weight is 320 g/mol. The van der Waals surface area contributed by atoms with Gasteiger partial charge in [0, 0.05) is 0 Å². The number of carbonyl (C=O) groups is 1. The van der Waals surface area contributed by atoms with E-state index in [0.29, 0.717) is 0 Å². The number of sulfonamides is 1. The summed E-state index contributed by atoms with van der Waals surface area (Å²) in [7, 11) is -3.96. The Balaban J connectivity index is 3.06. The Labute approximate surface area is 124 Å². The Hall–Kier alpha value is -1.11. The Morgan fingerprint density at radius 3 is 2.45 bits per heavy atom. The van der Waals surface area contributed by atoms with E-state index in [1.807, 2.05) is 13.8 Å². The number of aliphatic carboxylic acids is 1. The smallest absolute Gasteiger partial charge is 0.321 e. The van der Waals surface area contributed by atoms with Crippen LogP contribution in [0, 0.1) is 12.8 Å². The van der Waals surface area contributed by atoms with Crippen LogP contribution in [-0.4, -0.2) is 25.5 Å². The number of benzene rings is 1. The predicted molar refractivity (Wildman–Crippen MR) is 77.4 cm³/mol. The largest absolute Gasteiger partial charge is 0.480 e. The molecule has 0 spiro atoms. The molecule has 1 atom stereocenters. The van der Waals surface area contributed by atoms with Gasteiger partial charge in [-0.05, 0) is 37.0 Å². The molecule has 0 bridgehead atoms. The van der Waals surface area contributed by atoms with Crippen molar-refractivity contribution in [1.82, 2.24) is 4.72 Å². The van der Waals surface area contributed by atoms with Crippen molar-refractivity contribution in [3.63, 3.8) is 0 Å². The van der Waals surface area contributed by atoms with Gasteiger partial charge in [0.2, 0.25) is 10.0 Å². The highest BCUT2D eigenvalue weighted by Crippen LogP contribution is 2.23. The van der Waals surface area contributed by atoms with E-state index in [-0.39, 0.29) is 22.3 Å². The van der Waals surface area contributed by atoms with Gasteiger partial charge in [0.05, 0.1) is 5.02 Å². The second kappa shape index (κ2) is 6.56. The zero-order valence-corrected chi connectivity index (χ0v) is 13.1. The van der Waals surface area contributed by atoms with Gasteiger partial charge in [-0.15, -0.1) is 0 Å². The van der Waals surface area contributed by atoms with E-state index in [1.54, 1.807) is 13.0 Å². The summed E-state index contributed by atoms with van der Waals surface area (Å²) in [5.41, 5.74) is 0.825. The summed E-state index contributed by atoms with van der Waals surface area (Å²) in [5, 5.41) is 9.16. The Morgan fingerprint density at radius 1 is 1.40 bits per heavy atom. The molecule has 1 aromatic rings. The van der Waals surface area contributed by atoms with Crippen molar-refractivity contribution in [2.24, 2.45) is 5.92 Å². The molecule has 0 amide bonds. The van der Waals surface area contributed by atoms with E-state index < -0.39 is 22.0 Å². The summed E-state index contributed by atoms with van der Waals surface area (Å²) in [6.07, 6.45) is 0.206. The van der Waals surface area contributed by atoms with E-state index >= 15 is 0 Å². The molecule has 20 heavy (non-hydrogen) atoms. The topological polar surface area (TPSA) is 83.5 Å². The molecule has 0 aliphatic rings. The van der Waals surface area contributed by atoms with Crippen molar-refractivity contribution in [2.45, 2.75) is 38.1 Å². The number of halogens is 1. The summed E-state index contributed by atoms with van der Waals surface area (Å²) in [6.45, 7) is 5.43. The molecule has 0 saturated carbocycles. The van der Waals surface area contributed by atoms with Gasteiger partial charge in [-0.3, -0.25) is 4.79 Å². The molecule has 0 aliphatic heterocycles. The van der Waals surface area contributed by atoms with E-state index in [2.05, 4.69) is 4.72 Å². The van der Waals surface area contributed by atoms with Crippen LogP contribution in [-0.2, 0) is 14.8 Å². The standard InChI is InChI=1S/C13H18ClNO4S/c1-8(2)6-11(13(16)17)15-20(18,19)12-5-4-9(3)7-10(12)14/h4-5,7-8,11,15H,6H2,1-3H3,(H,16,17)/t11-/m0/s1. The third-order valence-electron chi connectivity index (χ3n) is 2.68. The number of carboxylic acid groups (broad SMARTS) is 1. The molecule has 1 aromatic carbocycles. The van der Waals surface area contributed by atoms with Crippen LogP contribution < -0.4 is 4.72 Å². The number of rotatable bonds is 6. The summed E-state index contributed by atoms with van der Waals surface area (Å²) < 4.78 is 26.6. The van der Waals surface area contributed by atoms with Crippen LogP contribution in [0.5, 0.6) is 0 Å². The molecule has 5 nitrogen and oxygen atoms in total. The Kier molecular flexibility index (Phi) is 5.56. The Morgan fingerprint density at radius 2 is 2.00 bits per heavy atom. The summed E-state index contributed by atoms with van der Waals surface area (Å²) in [6, 6.07) is 3.33. The highest BCUT2D eigenvalue weighted by atomic mass is 35.5. The molecule has 0 heterocycles. The fourth-order valence-electron chi connectivity index (χ4n) is 1.75. The Bertz CT molecular complexity index is 598.